The largest absolute Gasteiger partial charge is 0.465 e. The first-order valence-electron chi connectivity index (χ1n) is 6.85. The highest BCUT2D eigenvalue weighted by Gasteiger charge is 2.24. The number of likely N-dealkylation sites (N-methyl/N-ethyl adjacent to an activating group) is 1. The van der Waals surface area contributed by atoms with Crippen molar-refractivity contribution in [3.63, 3.8) is 0 Å². The van der Waals surface area contributed by atoms with Crippen LogP contribution in [0, 0.1) is 0 Å². The summed E-state index contributed by atoms with van der Waals surface area (Å²) >= 11 is 0. The average Bonchev–Trinajstić information content (AvgIpc) is 2.47. The molecule has 0 saturated carbocycles. The standard InChI is InChI=1S/C14H22N4O2/c1-4-10-9-18(6-5-17(10)2)13-7-11(14(19)20-3)12(15)8-16-13/h7-8,10H,4-6,9,15H2,1-3H3. The third-order valence-corrected chi connectivity index (χ3v) is 3.90. The molecule has 1 aromatic rings. The topological polar surface area (TPSA) is 71.7 Å². The lowest BCUT2D eigenvalue weighted by Crippen LogP contribution is -2.51. The van der Waals surface area contributed by atoms with Crippen molar-refractivity contribution in [3.8, 4) is 0 Å². The van der Waals surface area contributed by atoms with Crippen LogP contribution in [0.4, 0.5) is 11.5 Å². The molecule has 0 radical (unpaired) electrons. The molecule has 110 valence electrons. The summed E-state index contributed by atoms with van der Waals surface area (Å²) in [5.41, 5.74) is 6.51. The Kier molecular flexibility index (Phi) is 4.44. The van der Waals surface area contributed by atoms with Crippen LogP contribution in [-0.2, 0) is 4.74 Å². The van der Waals surface area contributed by atoms with Crippen LogP contribution in [0.1, 0.15) is 23.7 Å². The van der Waals surface area contributed by atoms with Crippen molar-refractivity contribution < 1.29 is 9.53 Å². The summed E-state index contributed by atoms with van der Waals surface area (Å²) < 4.78 is 4.75. The number of carbonyl (C=O) groups is 1. The molecule has 0 aliphatic carbocycles. The van der Waals surface area contributed by atoms with Gasteiger partial charge < -0.3 is 15.4 Å². The third kappa shape index (κ3) is 2.85. The number of hydrogen-bond donors (Lipinski definition) is 1. The number of nitrogens with zero attached hydrogens (tertiary/aromatic N) is 3. The second kappa shape index (κ2) is 6.09. The molecule has 1 fully saturated rings. The number of pyridine rings is 1. The van der Waals surface area contributed by atoms with Crippen LogP contribution in [-0.4, -0.2) is 55.7 Å². The van der Waals surface area contributed by atoms with Crippen LogP contribution in [0.15, 0.2) is 12.3 Å². The van der Waals surface area contributed by atoms with Crippen molar-refractivity contribution in [2.75, 3.05) is 44.4 Å². The summed E-state index contributed by atoms with van der Waals surface area (Å²) in [6.07, 6.45) is 2.62. The summed E-state index contributed by atoms with van der Waals surface area (Å²) in [7, 11) is 3.49. The molecule has 2 heterocycles. The van der Waals surface area contributed by atoms with Gasteiger partial charge in [-0.2, -0.15) is 0 Å². The molecule has 1 atom stereocenters. The maximum Gasteiger partial charge on any atom is 0.340 e. The molecule has 6 nitrogen and oxygen atoms in total. The van der Waals surface area contributed by atoms with E-state index in [1.54, 1.807) is 6.07 Å². The second-order valence-electron chi connectivity index (χ2n) is 5.11. The number of anilines is 2. The van der Waals surface area contributed by atoms with Crippen molar-refractivity contribution in [1.29, 1.82) is 0 Å². The van der Waals surface area contributed by atoms with Crippen molar-refractivity contribution in [2.45, 2.75) is 19.4 Å². The number of aromatic nitrogens is 1. The summed E-state index contributed by atoms with van der Waals surface area (Å²) in [4.78, 5) is 20.6. The number of carbonyl (C=O) groups excluding carboxylic acids is 1. The van der Waals surface area contributed by atoms with Crippen LogP contribution in [0.5, 0.6) is 0 Å². The van der Waals surface area contributed by atoms with Gasteiger partial charge in [0.1, 0.15) is 5.82 Å². The van der Waals surface area contributed by atoms with Crippen molar-refractivity contribution >= 4 is 17.5 Å². The zero-order valence-electron chi connectivity index (χ0n) is 12.3. The van der Waals surface area contributed by atoms with E-state index in [9.17, 15) is 4.79 Å². The molecule has 0 aromatic carbocycles. The van der Waals surface area contributed by atoms with E-state index in [0.717, 1.165) is 31.9 Å². The van der Waals surface area contributed by atoms with Crippen molar-refractivity contribution in [2.24, 2.45) is 0 Å². The molecule has 1 saturated heterocycles. The molecule has 2 rings (SSSR count). The first-order valence-corrected chi connectivity index (χ1v) is 6.85. The average molecular weight is 278 g/mol. The lowest BCUT2D eigenvalue weighted by atomic mass is 10.1. The number of esters is 1. The Bertz CT molecular complexity index is 492. The molecule has 1 aromatic heterocycles. The molecule has 0 spiro atoms. The van der Waals surface area contributed by atoms with Crippen LogP contribution < -0.4 is 10.6 Å². The van der Waals surface area contributed by atoms with E-state index in [1.165, 1.54) is 13.3 Å². The smallest absolute Gasteiger partial charge is 0.340 e. The molecule has 1 aliphatic rings. The summed E-state index contributed by atoms with van der Waals surface area (Å²) in [6.45, 7) is 4.97. The zero-order chi connectivity index (χ0) is 14.7. The molecule has 1 unspecified atom stereocenters. The monoisotopic (exact) mass is 278 g/mol. The first kappa shape index (κ1) is 14.6. The van der Waals surface area contributed by atoms with Crippen LogP contribution >= 0.6 is 0 Å². The van der Waals surface area contributed by atoms with Gasteiger partial charge in [-0.25, -0.2) is 9.78 Å². The number of nitrogens with two attached hydrogens (primary N) is 1. The number of methoxy groups -OCH3 is 1. The maximum atomic E-state index is 11.7. The van der Waals surface area contributed by atoms with Gasteiger partial charge in [-0.05, 0) is 19.5 Å². The number of ether oxygens (including phenoxy) is 1. The van der Waals surface area contributed by atoms with Crippen LogP contribution in [0.25, 0.3) is 0 Å². The van der Waals surface area contributed by atoms with Gasteiger partial charge in [0.25, 0.3) is 0 Å². The highest BCUT2D eigenvalue weighted by molar-refractivity contribution is 5.95. The van der Waals surface area contributed by atoms with Gasteiger partial charge in [0.2, 0.25) is 0 Å². The number of hydrogen-bond acceptors (Lipinski definition) is 6. The molecule has 1 aliphatic heterocycles. The summed E-state index contributed by atoms with van der Waals surface area (Å²) in [5.74, 6) is 0.360. The minimum absolute atomic E-state index is 0.349. The van der Waals surface area contributed by atoms with E-state index in [-0.39, 0.29) is 0 Å². The van der Waals surface area contributed by atoms with E-state index in [2.05, 4.69) is 28.8 Å². The first-order chi connectivity index (χ1) is 9.56. The second-order valence-corrected chi connectivity index (χ2v) is 5.11. The number of rotatable bonds is 3. The molecule has 6 heteroatoms. The van der Waals surface area contributed by atoms with E-state index >= 15 is 0 Å². The van der Waals surface area contributed by atoms with Gasteiger partial charge in [-0.3, -0.25) is 4.90 Å². The van der Waals surface area contributed by atoms with E-state index in [4.69, 9.17) is 10.5 Å². The summed E-state index contributed by atoms with van der Waals surface area (Å²) in [6, 6.07) is 2.23. The van der Waals surface area contributed by atoms with Gasteiger partial charge in [-0.1, -0.05) is 6.92 Å². The molecule has 2 N–H and O–H groups in total. The highest BCUT2D eigenvalue weighted by atomic mass is 16.5. The Hall–Kier alpha value is -1.82. The van der Waals surface area contributed by atoms with Gasteiger partial charge in [0.15, 0.2) is 0 Å². The predicted molar refractivity (Wildman–Crippen MR) is 78.9 cm³/mol. The van der Waals surface area contributed by atoms with E-state index < -0.39 is 5.97 Å². The molecule has 0 amide bonds. The van der Waals surface area contributed by atoms with Gasteiger partial charge in [0, 0.05) is 25.7 Å². The fourth-order valence-electron chi connectivity index (χ4n) is 2.51. The molecular weight excluding hydrogens is 256 g/mol. The molecule has 0 bridgehead atoms. The Morgan fingerprint density at radius 2 is 2.30 bits per heavy atom. The number of nitrogen functional groups attached to an aromatic ring is 1. The lowest BCUT2D eigenvalue weighted by Gasteiger charge is -2.39. The SMILES string of the molecule is CCC1CN(c2cc(C(=O)OC)c(N)cn2)CCN1C. The van der Waals surface area contributed by atoms with Gasteiger partial charge in [0.05, 0.1) is 24.6 Å². The highest BCUT2D eigenvalue weighted by Crippen LogP contribution is 2.22. The Morgan fingerprint density at radius 3 is 2.95 bits per heavy atom. The third-order valence-electron chi connectivity index (χ3n) is 3.90. The Labute approximate surface area is 119 Å². The lowest BCUT2D eigenvalue weighted by molar-refractivity contribution is 0.0602. The van der Waals surface area contributed by atoms with Crippen LogP contribution in [0.3, 0.4) is 0 Å². The minimum Gasteiger partial charge on any atom is -0.465 e. The fraction of sp³-hybridized carbons (Fsp3) is 0.571. The Morgan fingerprint density at radius 1 is 1.55 bits per heavy atom. The van der Waals surface area contributed by atoms with Gasteiger partial charge >= 0.3 is 5.97 Å². The van der Waals surface area contributed by atoms with Crippen molar-refractivity contribution in [1.82, 2.24) is 9.88 Å². The van der Waals surface area contributed by atoms with E-state index in [0.29, 0.717) is 17.3 Å². The predicted octanol–water partition coefficient (Wildman–Crippen LogP) is 0.981. The molecule has 20 heavy (non-hydrogen) atoms. The Balaban J connectivity index is 2.23. The maximum absolute atomic E-state index is 11.7. The van der Waals surface area contributed by atoms with E-state index in [1.807, 2.05) is 0 Å². The zero-order valence-corrected chi connectivity index (χ0v) is 12.3. The van der Waals surface area contributed by atoms with Gasteiger partial charge in [-0.15, -0.1) is 0 Å². The quantitative estimate of drug-likeness (QED) is 0.831. The molecular formula is C14H22N4O2. The summed E-state index contributed by atoms with van der Waals surface area (Å²) in [5, 5.41) is 0. The van der Waals surface area contributed by atoms with Crippen LogP contribution in [0.2, 0.25) is 0 Å². The number of piperazine rings is 1. The van der Waals surface area contributed by atoms with Crippen molar-refractivity contribution in [3.05, 3.63) is 17.8 Å². The minimum atomic E-state index is -0.424. The normalized spacial score (nSPS) is 19.9. The fourth-order valence-corrected chi connectivity index (χ4v) is 2.51.